The van der Waals surface area contributed by atoms with Crippen LogP contribution in [0.1, 0.15) is 37.8 Å². The van der Waals surface area contributed by atoms with E-state index in [1.165, 1.54) is 5.56 Å². The zero-order valence-corrected chi connectivity index (χ0v) is 11.3. The van der Waals surface area contributed by atoms with E-state index in [9.17, 15) is 5.11 Å². The molecule has 1 aliphatic rings. The summed E-state index contributed by atoms with van der Waals surface area (Å²) >= 11 is 0. The average Bonchev–Trinajstić information content (AvgIpc) is 3.21. The van der Waals surface area contributed by atoms with Crippen LogP contribution in [-0.4, -0.2) is 25.4 Å². The van der Waals surface area contributed by atoms with Gasteiger partial charge in [-0.15, -0.1) is 0 Å². The van der Waals surface area contributed by atoms with E-state index in [4.69, 9.17) is 4.74 Å². The molecule has 3 heteroatoms. The van der Waals surface area contributed by atoms with Gasteiger partial charge in [0, 0.05) is 24.6 Å². The Balaban J connectivity index is 1.94. The Morgan fingerprint density at radius 1 is 1.33 bits per heavy atom. The van der Waals surface area contributed by atoms with Crippen LogP contribution in [0.2, 0.25) is 0 Å². The number of ether oxygens (including phenoxy) is 1. The number of nitrogens with one attached hydrogen (secondary N) is 1. The Hall–Kier alpha value is -1.06. The van der Waals surface area contributed by atoms with Crippen molar-refractivity contribution in [3.63, 3.8) is 0 Å². The van der Waals surface area contributed by atoms with Gasteiger partial charge in [0.25, 0.3) is 0 Å². The Labute approximate surface area is 109 Å². The number of aliphatic hydroxyl groups excluding tert-OH is 1. The number of benzene rings is 1. The largest absolute Gasteiger partial charge is 0.497 e. The summed E-state index contributed by atoms with van der Waals surface area (Å²) in [5.41, 5.74) is 1.45. The van der Waals surface area contributed by atoms with Crippen molar-refractivity contribution in [2.75, 3.05) is 20.3 Å². The van der Waals surface area contributed by atoms with Gasteiger partial charge >= 0.3 is 0 Å². The molecule has 0 amide bonds. The highest BCUT2D eigenvalue weighted by Crippen LogP contribution is 2.44. The lowest BCUT2D eigenvalue weighted by atomic mass is 10.0. The molecule has 1 aromatic rings. The van der Waals surface area contributed by atoms with Gasteiger partial charge in [-0.1, -0.05) is 19.1 Å². The van der Waals surface area contributed by atoms with E-state index < -0.39 is 0 Å². The fourth-order valence-electron chi connectivity index (χ4n) is 2.24. The zero-order chi connectivity index (χ0) is 13.0. The first-order chi connectivity index (χ1) is 8.73. The van der Waals surface area contributed by atoms with E-state index in [0.717, 1.165) is 31.6 Å². The van der Waals surface area contributed by atoms with Gasteiger partial charge < -0.3 is 15.2 Å². The standard InChI is InChI=1S/C15H23NO2/c1-3-14(16-10-15(11-17)8-9-15)12-4-6-13(18-2)7-5-12/h4-7,14,16-17H,3,8-11H2,1-2H3. The van der Waals surface area contributed by atoms with Gasteiger partial charge in [0.1, 0.15) is 5.75 Å². The first-order valence-corrected chi connectivity index (χ1v) is 6.71. The van der Waals surface area contributed by atoms with Crippen LogP contribution in [0.25, 0.3) is 0 Å². The van der Waals surface area contributed by atoms with Gasteiger partial charge in [-0.25, -0.2) is 0 Å². The molecule has 1 atom stereocenters. The topological polar surface area (TPSA) is 41.5 Å². The molecule has 2 N–H and O–H groups in total. The minimum absolute atomic E-state index is 0.167. The highest BCUT2D eigenvalue weighted by molar-refractivity contribution is 5.29. The maximum atomic E-state index is 9.32. The monoisotopic (exact) mass is 249 g/mol. The van der Waals surface area contributed by atoms with Crippen molar-refractivity contribution in [2.24, 2.45) is 5.41 Å². The summed E-state index contributed by atoms with van der Waals surface area (Å²) in [5.74, 6) is 0.891. The summed E-state index contributed by atoms with van der Waals surface area (Å²) in [7, 11) is 1.68. The van der Waals surface area contributed by atoms with Gasteiger partial charge in [-0.05, 0) is 37.0 Å². The molecule has 0 bridgehead atoms. The van der Waals surface area contributed by atoms with Crippen molar-refractivity contribution in [3.8, 4) is 5.75 Å². The zero-order valence-electron chi connectivity index (χ0n) is 11.3. The van der Waals surface area contributed by atoms with Crippen molar-refractivity contribution in [1.82, 2.24) is 5.32 Å². The molecule has 0 radical (unpaired) electrons. The second-order valence-corrected chi connectivity index (χ2v) is 5.27. The first kappa shape index (κ1) is 13.4. The summed E-state index contributed by atoms with van der Waals surface area (Å²) in [4.78, 5) is 0. The SMILES string of the molecule is CCC(NCC1(CO)CC1)c1ccc(OC)cc1. The smallest absolute Gasteiger partial charge is 0.118 e. The molecular formula is C15H23NO2. The van der Waals surface area contributed by atoms with Crippen molar-refractivity contribution in [1.29, 1.82) is 0 Å². The van der Waals surface area contributed by atoms with E-state index in [-0.39, 0.29) is 5.41 Å². The van der Waals surface area contributed by atoms with E-state index in [2.05, 4.69) is 24.4 Å². The predicted octanol–water partition coefficient (Wildman–Crippen LogP) is 2.51. The highest BCUT2D eigenvalue weighted by Gasteiger charge is 2.41. The second-order valence-electron chi connectivity index (χ2n) is 5.27. The molecule has 1 unspecified atom stereocenters. The summed E-state index contributed by atoms with van der Waals surface area (Å²) in [6.07, 6.45) is 3.35. The molecule has 1 saturated carbocycles. The highest BCUT2D eigenvalue weighted by atomic mass is 16.5. The van der Waals surface area contributed by atoms with Crippen molar-refractivity contribution < 1.29 is 9.84 Å². The normalized spacial score (nSPS) is 18.4. The predicted molar refractivity (Wildman–Crippen MR) is 72.8 cm³/mol. The van der Waals surface area contributed by atoms with Crippen LogP contribution in [-0.2, 0) is 0 Å². The van der Waals surface area contributed by atoms with Crippen LogP contribution >= 0.6 is 0 Å². The lowest BCUT2D eigenvalue weighted by molar-refractivity contribution is 0.203. The van der Waals surface area contributed by atoms with E-state index in [0.29, 0.717) is 12.6 Å². The Morgan fingerprint density at radius 3 is 2.44 bits per heavy atom. The van der Waals surface area contributed by atoms with Gasteiger partial charge in [0.15, 0.2) is 0 Å². The van der Waals surface area contributed by atoms with Crippen molar-refractivity contribution in [3.05, 3.63) is 29.8 Å². The third kappa shape index (κ3) is 3.03. The maximum Gasteiger partial charge on any atom is 0.118 e. The molecule has 18 heavy (non-hydrogen) atoms. The third-order valence-corrected chi connectivity index (χ3v) is 3.94. The molecule has 0 heterocycles. The van der Waals surface area contributed by atoms with Gasteiger partial charge in [-0.2, -0.15) is 0 Å². The molecule has 3 nitrogen and oxygen atoms in total. The molecule has 0 aromatic heterocycles. The van der Waals surface area contributed by atoms with Crippen LogP contribution in [0.15, 0.2) is 24.3 Å². The summed E-state index contributed by atoms with van der Waals surface area (Å²) in [6, 6.07) is 8.58. The molecule has 100 valence electrons. The number of rotatable bonds is 7. The third-order valence-electron chi connectivity index (χ3n) is 3.94. The molecular weight excluding hydrogens is 226 g/mol. The first-order valence-electron chi connectivity index (χ1n) is 6.71. The summed E-state index contributed by atoms with van der Waals surface area (Å²) in [5, 5.41) is 12.9. The van der Waals surface area contributed by atoms with Gasteiger partial charge in [-0.3, -0.25) is 0 Å². The van der Waals surface area contributed by atoms with Gasteiger partial charge in [0.2, 0.25) is 0 Å². The Bertz CT molecular complexity index is 371. The lowest BCUT2D eigenvalue weighted by Gasteiger charge is -2.21. The van der Waals surface area contributed by atoms with E-state index in [1.807, 2.05) is 12.1 Å². The Kier molecular flexibility index (Phi) is 4.25. The molecule has 2 rings (SSSR count). The van der Waals surface area contributed by atoms with Crippen LogP contribution in [0, 0.1) is 5.41 Å². The summed E-state index contributed by atoms with van der Waals surface area (Å²) in [6.45, 7) is 3.40. The molecule has 0 saturated heterocycles. The Morgan fingerprint density at radius 2 is 2.00 bits per heavy atom. The maximum absolute atomic E-state index is 9.32. The lowest BCUT2D eigenvalue weighted by Crippen LogP contribution is -2.29. The number of hydrogen-bond donors (Lipinski definition) is 2. The number of aliphatic hydroxyl groups is 1. The fourth-order valence-corrected chi connectivity index (χ4v) is 2.24. The molecule has 1 fully saturated rings. The number of methoxy groups -OCH3 is 1. The van der Waals surface area contributed by atoms with Crippen LogP contribution in [0.4, 0.5) is 0 Å². The summed E-state index contributed by atoms with van der Waals surface area (Å²) < 4.78 is 5.17. The minimum atomic E-state index is 0.167. The van der Waals surface area contributed by atoms with E-state index in [1.54, 1.807) is 7.11 Å². The number of hydrogen-bond acceptors (Lipinski definition) is 3. The molecule has 1 aliphatic carbocycles. The van der Waals surface area contributed by atoms with Crippen LogP contribution in [0.5, 0.6) is 5.75 Å². The second kappa shape index (κ2) is 5.72. The van der Waals surface area contributed by atoms with Crippen molar-refractivity contribution in [2.45, 2.75) is 32.2 Å². The van der Waals surface area contributed by atoms with E-state index >= 15 is 0 Å². The van der Waals surface area contributed by atoms with Gasteiger partial charge in [0.05, 0.1) is 7.11 Å². The molecule has 1 aromatic carbocycles. The molecule has 0 aliphatic heterocycles. The van der Waals surface area contributed by atoms with Crippen molar-refractivity contribution >= 4 is 0 Å². The fraction of sp³-hybridized carbons (Fsp3) is 0.600. The molecule has 0 spiro atoms. The minimum Gasteiger partial charge on any atom is -0.497 e. The average molecular weight is 249 g/mol. The van der Waals surface area contributed by atoms with Crippen LogP contribution < -0.4 is 10.1 Å². The quantitative estimate of drug-likeness (QED) is 0.780. The van der Waals surface area contributed by atoms with Crippen LogP contribution in [0.3, 0.4) is 0 Å².